The molecule has 4 aromatic rings. The van der Waals surface area contributed by atoms with Crippen LogP contribution in [0.3, 0.4) is 0 Å². The SMILES string of the molecule is CC(C)n1nc(-c2cc(F)c(NS(=O)(=O)Cc3ccccc3F)cc2F)c2c(N)ncc(C3CCC(N(C)C)CC3)c21. The molecular weight excluding hydrogens is 565 g/mol. The summed E-state index contributed by atoms with van der Waals surface area (Å²) in [5, 5.41) is 5.12. The Labute approximate surface area is 243 Å². The van der Waals surface area contributed by atoms with Gasteiger partial charge in [-0.3, -0.25) is 9.40 Å². The monoisotopic (exact) mass is 600 g/mol. The zero-order valence-corrected chi connectivity index (χ0v) is 24.9. The Morgan fingerprint density at radius 2 is 1.74 bits per heavy atom. The largest absolute Gasteiger partial charge is 0.383 e. The number of anilines is 2. The van der Waals surface area contributed by atoms with E-state index < -0.39 is 38.9 Å². The van der Waals surface area contributed by atoms with Gasteiger partial charge < -0.3 is 10.6 Å². The highest BCUT2D eigenvalue weighted by Gasteiger charge is 2.30. The van der Waals surface area contributed by atoms with Gasteiger partial charge in [-0.25, -0.2) is 26.6 Å². The summed E-state index contributed by atoms with van der Waals surface area (Å²) in [6, 6.07) is 7.41. The quantitative estimate of drug-likeness (QED) is 0.249. The molecule has 12 heteroatoms. The first kappa shape index (κ1) is 29.8. The third-order valence-electron chi connectivity index (χ3n) is 8.02. The molecule has 0 amide bonds. The second kappa shape index (κ2) is 11.6. The van der Waals surface area contributed by atoms with Gasteiger partial charge in [0.05, 0.1) is 22.3 Å². The molecule has 2 aromatic carbocycles. The number of nitrogens with one attached hydrogen (secondary N) is 1. The van der Waals surface area contributed by atoms with E-state index >= 15 is 8.78 Å². The van der Waals surface area contributed by atoms with Crippen molar-refractivity contribution in [3.8, 4) is 11.3 Å². The molecule has 1 aliphatic carbocycles. The molecular formula is C30H35F3N6O2S. The Morgan fingerprint density at radius 1 is 1.05 bits per heavy atom. The Kier molecular flexibility index (Phi) is 8.21. The van der Waals surface area contributed by atoms with Crippen molar-refractivity contribution in [2.75, 3.05) is 24.6 Å². The molecule has 1 saturated carbocycles. The maximum atomic E-state index is 15.6. The van der Waals surface area contributed by atoms with Crippen LogP contribution in [0.4, 0.5) is 24.7 Å². The van der Waals surface area contributed by atoms with E-state index in [2.05, 4.69) is 24.0 Å². The van der Waals surface area contributed by atoms with E-state index in [1.165, 1.54) is 18.2 Å². The Morgan fingerprint density at radius 3 is 2.38 bits per heavy atom. The lowest BCUT2D eigenvalue weighted by Gasteiger charge is -2.33. The normalized spacial score (nSPS) is 17.8. The molecule has 0 atom stereocenters. The summed E-state index contributed by atoms with van der Waals surface area (Å²) in [5.41, 5.74) is 7.34. The highest BCUT2D eigenvalue weighted by Crippen LogP contribution is 2.42. The van der Waals surface area contributed by atoms with Crippen LogP contribution in [-0.2, 0) is 15.8 Å². The van der Waals surface area contributed by atoms with Crippen molar-refractivity contribution in [3.05, 3.63) is 71.2 Å². The smallest absolute Gasteiger partial charge is 0.237 e. The van der Waals surface area contributed by atoms with Crippen LogP contribution in [0.15, 0.2) is 42.6 Å². The van der Waals surface area contributed by atoms with Crippen molar-refractivity contribution in [2.24, 2.45) is 0 Å². The van der Waals surface area contributed by atoms with Gasteiger partial charge in [0.2, 0.25) is 10.0 Å². The van der Waals surface area contributed by atoms with E-state index in [4.69, 9.17) is 10.8 Å². The van der Waals surface area contributed by atoms with Crippen LogP contribution in [-0.4, -0.2) is 48.2 Å². The van der Waals surface area contributed by atoms with Gasteiger partial charge in [-0.05, 0) is 77.2 Å². The van der Waals surface area contributed by atoms with Crippen LogP contribution in [0.2, 0.25) is 0 Å². The molecule has 2 heterocycles. The molecule has 42 heavy (non-hydrogen) atoms. The predicted octanol–water partition coefficient (Wildman–Crippen LogP) is 6.21. The number of sulfonamides is 1. The van der Waals surface area contributed by atoms with Gasteiger partial charge in [0.25, 0.3) is 0 Å². The molecule has 2 aromatic heterocycles. The van der Waals surface area contributed by atoms with Gasteiger partial charge >= 0.3 is 0 Å². The van der Waals surface area contributed by atoms with Crippen LogP contribution in [0.5, 0.6) is 0 Å². The van der Waals surface area contributed by atoms with Crippen molar-refractivity contribution in [1.82, 2.24) is 19.7 Å². The van der Waals surface area contributed by atoms with Gasteiger partial charge in [-0.2, -0.15) is 5.10 Å². The molecule has 0 unspecified atom stereocenters. The molecule has 0 spiro atoms. The summed E-state index contributed by atoms with van der Waals surface area (Å²) in [7, 11) is -0.0836. The second-order valence-electron chi connectivity index (χ2n) is 11.4. The maximum Gasteiger partial charge on any atom is 0.237 e. The van der Waals surface area contributed by atoms with Crippen LogP contribution in [0, 0.1) is 17.5 Å². The number of rotatable bonds is 8. The summed E-state index contributed by atoms with van der Waals surface area (Å²) in [4.78, 5) is 6.68. The van der Waals surface area contributed by atoms with Gasteiger partial charge in [0, 0.05) is 35.5 Å². The van der Waals surface area contributed by atoms with E-state index in [-0.39, 0.29) is 34.6 Å². The molecule has 1 aliphatic rings. The van der Waals surface area contributed by atoms with E-state index in [1.54, 1.807) is 10.9 Å². The van der Waals surface area contributed by atoms with Crippen LogP contribution in [0.25, 0.3) is 22.2 Å². The lowest BCUT2D eigenvalue weighted by Crippen LogP contribution is -2.31. The third kappa shape index (κ3) is 5.82. The molecule has 0 radical (unpaired) electrons. The maximum absolute atomic E-state index is 15.6. The van der Waals surface area contributed by atoms with Crippen molar-refractivity contribution in [1.29, 1.82) is 0 Å². The van der Waals surface area contributed by atoms with E-state index in [9.17, 15) is 12.8 Å². The average Bonchev–Trinajstić information content (AvgIpc) is 3.34. The minimum absolute atomic E-state index is 0.0952. The van der Waals surface area contributed by atoms with Gasteiger partial charge in [0.1, 0.15) is 29.0 Å². The molecule has 3 N–H and O–H groups in total. The zero-order valence-electron chi connectivity index (χ0n) is 24.0. The molecule has 0 bridgehead atoms. The molecule has 5 rings (SSSR count). The number of halogens is 3. The Balaban J connectivity index is 1.54. The third-order valence-corrected chi connectivity index (χ3v) is 9.24. The summed E-state index contributed by atoms with van der Waals surface area (Å²) < 4.78 is 74.2. The molecule has 1 fully saturated rings. The number of benzene rings is 2. The van der Waals surface area contributed by atoms with E-state index in [0.29, 0.717) is 11.4 Å². The van der Waals surface area contributed by atoms with Gasteiger partial charge in [-0.15, -0.1) is 0 Å². The minimum atomic E-state index is -4.25. The summed E-state index contributed by atoms with van der Waals surface area (Å²) in [6.07, 6.45) is 5.73. The van der Waals surface area contributed by atoms with Gasteiger partial charge in [0.15, 0.2) is 0 Å². The number of aromatic nitrogens is 3. The minimum Gasteiger partial charge on any atom is -0.383 e. The summed E-state index contributed by atoms with van der Waals surface area (Å²) in [6.45, 7) is 3.90. The number of pyridine rings is 1. The fourth-order valence-electron chi connectivity index (χ4n) is 5.81. The Bertz CT molecular complexity index is 1730. The number of nitrogens with two attached hydrogens (primary N) is 1. The van der Waals surface area contributed by atoms with Crippen molar-refractivity contribution in [2.45, 2.75) is 63.3 Å². The molecule has 0 saturated heterocycles. The number of fused-ring (bicyclic) bond motifs is 1. The standard InChI is InChI=1S/C30H35F3N6O2S/c1-17(2)39-29-22(18-9-11-20(12-10-18)38(3)4)15-35-30(34)27(29)28(36-39)21-13-25(33)26(14-24(21)32)37-42(40,41)16-19-7-5-6-8-23(19)31/h5-8,13-15,17-18,20,37H,9-12,16H2,1-4H3,(H2,34,35). The first-order valence-electron chi connectivity index (χ1n) is 13.9. The average molecular weight is 601 g/mol. The van der Waals surface area contributed by atoms with E-state index in [0.717, 1.165) is 55.0 Å². The topological polar surface area (TPSA) is 106 Å². The van der Waals surface area contributed by atoms with Crippen molar-refractivity contribution >= 4 is 32.4 Å². The second-order valence-corrected chi connectivity index (χ2v) is 13.2. The first-order valence-corrected chi connectivity index (χ1v) is 15.6. The predicted molar refractivity (Wildman–Crippen MR) is 159 cm³/mol. The molecule has 224 valence electrons. The first-order chi connectivity index (χ1) is 19.9. The summed E-state index contributed by atoms with van der Waals surface area (Å²) in [5.74, 6) is -3.01. The highest BCUT2D eigenvalue weighted by atomic mass is 32.2. The molecule has 0 aliphatic heterocycles. The zero-order chi connectivity index (χ0) is 30.3. The van der Waals surface area contributed by atoms with Crippen molar-refractivity contribution < 1.29 is 21.6 Å². The fourth-order valence-corrected chi connectivity index (χ4v) is 7.02. The lowest BCUT2D eigenvalue weighted by molar-refractivity contribution is 0.216. The fraction of sp³-hybridized carbons (Fsp3) is 0.400. The van der Waals surface area contributed by atoms with Crippen molar-refractivity contribution in [3.63, 3.8) is 0 Å². The number of nitrogens with zero attached hydrogens (tertiary/aromatic N) is 4. The Hall–Kier alpha value is -3.64. The number of hydrogen-bond acceptors (Lipinski definition) is 6. The van der Waals surface area contributed by atoms with Crippen LogP contribution < -0.4 is 10.5 Å². The van der Waals surface area contributed by atoms with Crippen LogP contribution in [0.1, 0.15) is 62.6 Å². The van der Waals surface area contributed by atoms with Gasteiger partial charge in [-0.1, -0.05) is 18.2 Å². The summed E-state index contributed by atoms with van der Waals surface area (Å²) >= 11 is 0. The number of nitrogen functional groups attached to an aromatic ring is 1. The highest BCUT2D eigenvalue weighted by molar-refractivity contribution is 7.91. The van der Waals surface area contributed by atoms with Crippen LogP contribution >= 0.6 is 0 Å². The lowest BCUT2D eigenvalue weighted by atomic mass is 9.81. The van der Waals surface area contributed by atoms with E-state index in [1.807, 2.05) is 18.6 Å². The molecule has 8 nitrogen and oxygen atoms in total. The number of hydrogen-bond donors (Lipinski definition) is 2.